The van der Waals surface area contributed by atoms with Crippen molar-refractivity contribution in [2.24, 2.45) is 0 Å². The summed E-state index contributed by atoms with van der Waals surface area (Å²) in [5, 5.41) is 227. The molecule has 21 N–H and O–H groups in total. The molecule has 7 saturated heterocycles. The van der Waals surface area contributed by atoms with Crippen LogP contribution >= 0.6 is 0 Å². The molecule has 7 rings (SSSR count). The molecule has 0 radical (unpaired) electrons. The van der Waals surface area contributed by atoms with Gasteiger partial charge in [-0.3, -0.25) is 0 Å². The van der Waals surface area contributed by atoms with E-state index in [-0.39, 0.29) is 0 Å². The normalized spacial score (nSPS) is 53.0. The molecular formula is C44H76O35. The zero-order valence-corrected chi connectivity index (χ0v) is 42.3. The van der Waals surface area contributed by atoms with Gasteiger partial charge in [-0.05, 0) is 6.92 Å². The highest BCUT2D eigenvalue weighted by atomic mass is 16.8. The largest absolute Gasteiger partial charge is 0.394 e. The Morgan fingerprint density at radius 3 is 0.848 bits per heavy atom. The van der Waals surface area contributed by atoms with E-state index in [4.69, 9.17) is 66.3 Å². The van der Waals surface area contributed by atoms with Gasteiger partial charge in [0.25, 0.3) is 0 Å². The average molecular weight is 1170 g/mol. The van der Waals surface area contributed by atoms with Gasteiger partial charge in [-0.1, -0.05) is 0 Å². The SMILES string of the molecule is CO[C@H]1[C@H](O)[C@@H](OC2[C@@H](O)[C@H](COC3O[C@H](CO)[C@@H](O)[C@H](O)[C@H]3O)O[C@H](OC3[C@@H](O)[C@H](CO)O[C@H](OC4[C@@H](O)[C@H](COC5O[C@@H](CO)[C@H](O)[C@@H](O)[C@@H]5O)O[C@H](OC5[C@@H](O)C(C)O[C@H](CO)[C@H]5O)[C@H]4O)[C@H]3O)[C@H]2O)O[C@@H](CO)[C@@H]1O. The molecule has 462 valence electrons. The van der Waals surface area contributed by atoms with Gasteiger partial charge in [-0.2, -0.15) is 0 Å². The Morgan fingerprint density at radius 2 is 0.519 bits per heavy atom. The first-order valence-electron chi connectivity index (χ1n) is 25.4. The number of rotatable bonds is 20. The third-order valence-electron chi connectivity index (χ3n) is 15.0. The second-order valence-corrected chi connectivity index (χ2v) is 20.2. The Hall–Kier alpha value is -1.40. The van der Waals surface area contributed by atoms with Gasteiger partial charge in [-0.25, -0.2) is 0 Å². The molecule has 7 unspecified atom stereocenters. The van der Waals surface area contributed by atoms with Gasteiger partial charge >= 0.3 is 0 Å². The Kier molecular flexibility index (Phi) is 23.3. The second kappa shape index (κ2) is 28.2. The molecule has 0 aromatic carbocycles. The molecule has 0 bridgehead atoms. The fraction of sp³-hybridized carbons (Fsp3) is 1.00. The molecule has 35 heteroatoms. The fourth-order valence-electron chi connectivity index (χ4n) is 10.2. The number of hydrogen-bond donors (Lipinski definition) is 21. The number of hydrogen-bond acceptors (Lipinski definition) is 35. The molecule has 7 aliphatic rings. The Bertz CT molecular complexity index is 1830. The lowest BCUT2D eigenvalue weighted by Crippen LogP contribution is -2.68. The minimum Gasteiger partial charge on any atom is -0.394 e. The van der Waals surface area contributed by atoms with Crippen molar-refractivity contribution in [1.29, 1.82) is 0 Å². The summed E-state index contributed by atoms with van der Waals surface area (Å²) in [5.41, 5.74) is 0. The summed E-state index contributed by atoms with van der Waals surface area (Å²) in [6, 6.07) is 0. The minimum absolute atomic E-state index is 0.777. The molecule has 35 nitrogen and oxygen atoms in total. The van der Waals surface area contributed by atoms with E-state index in [0.717, 1.165) is 7.11 Å². The number of ether oxygens (including phenoxy) is 14. The van der Waals surface area contributed by atoms with E-state index >= 15 is 0 Å². The molecule has 0 aromatic heterocycles. The molecule has 0 spiro atoms. The standard InChI is InChI=1S/C44H76O35/c1-10-18(50)35(22(54)13(5-47)69-10)76-43-32(64)38(25(57)16(74-43)8-67-39-28(60)26(58)19(51)11(3-45)70-39)79-42-31(63)36(23(55)15(7-49)73-42)77-44-33(65)37(78-41-30(62)34(66-2)21(53)14(6-48)72-41)24(56)17(75-44)9-68-40-29(61)27(59)20(52)12(4-46)71-40/h10-65H,3-9H2,1-2H3/t10?,11-,12+,13+,14-,15-,16-,17-,18-,19-,20+,21-,22+,23-,24-,25-,26+,27-,28-,29+,30-,31-,32-,33-,34+,35?,36?,37?,38?,39?,40?,41+,42+,43+,44+/m0/s1. The highest BCUT2D eigenvalue weighted by Gasteiger charge is 2.58. The van der Waals surface area contributed by atoms with Crippen LogP contribution in [0.1, 0.15) is 6.92 Å². The smallest absolute Gasteiger partial charge is 0.187 e. The van der Waals surface area contributed by atoms with Crippen molar-refractivity contribution in [3.05, 3.63) is 0 Å². The summed E-state index contributed by atoms with van der Waals surface area (Å²) in [6.07, 6.45) is -65.7. The topological polar surface area (TPSA) is 554 Å². The van der Waals surface area contributed by atoms with E-state index in [0.29, 0.717) is 0 Å². The van der Waals surface area contributed by atoms with Crippen LogP contribution in [0.2, 0.25) is 0 Å². The molecular weight excluding hydrogens is 1090 g/mol. The van der Waals surface area contributed by atoms with Crippen LogP contribution in [-0.4, -0.2) is 375 Å². The van der Waals surface area contributed by atoms with E-state index in [1.807, 2.05) is 0 Å². The number of aliphatic hydroxyl groups is 21. The van der Waals surface area contributed by atoms with Gasteiger partial charge in [0.2, 0.25) is 0 Å². The highest BCUT2D eigenvalue weighted by molar-refractivity contribution is 5.01. The van der Waals surface area contributed by atoms with Crippen molar-refractivity contribution < 1.29 is 174 Å². The minimum atomic E-state index is -2.35. The summed E-state index contributed by atoms with van der Waals surface area (Å²) in [7, 11) is 1.10. The first-order valence-corrected chi connectivity index (χ1v) is 25.4. The fourth-order valence-corrected chi connectivity index (χ4v) is 10.2. The first kappa shape index (κ1) is 65.1. The molecule has 79 heavy (non-hydrogen) atoms. The van der Waals surface area contributed by atoms with Crippen LogP contribution in [0.5, 0.6) is 0 Å². The van der Waals surface area contributed by atoms with Gasteiger partial charge in [0.05, 0.1) is 52.4 Å². The molecule has 0 saturated carbocycles. The molecule has 0 aromatic rings. The molecule has 0 amide bonds. The summed E-state index contributed by atoms with van der Waals surface area (Å²) in [4.78, 5) is 0. The van der Waals surface area contributed by atoms with Crippen LogP contribution in [0.25, 0.3) is 0 Å². The van der Waals surface area contributed by atoms with Crippen LogP contribution in [-0.2, 0) is 66.3 Å². The van der Waals surface area contributed by atoms with Crippen molar-refractivity contribution in [2.45, 2.75) is 222 Å². The monoisotopic (exact) mass is 1160 g/mol. The van der Waals surface area contributed by atoms with Crippen LogP contribution < -0.4 is 0 Å². The average Bonchev–Trinajstić information content (AvgIpc) is 3.49. The van der Waals surface area contributed by atoms with E-state index in [1.54, 1.807) is 0 Å². The molecule has 7 aliphatic heterocycles. The lowest BCUT2D eigenvalue weighted by Gasteiger charge is -2.50. The predicted octanol–water partition coefficient (Wildman–Crippen LogP) is -14.6. The highest BCUT2D eigenvalue weighted by Crippen LogP contribution is 2.37. The Balaban J connectivity index is 1.15. The number of aliphatic hydroxyl groups excluding tert-OH is 21. The van der Waals surface area contributed by atoms with Crippen molar-refractivity contribution in [2.75, 3.05) is 53.4 Å². The van der Waals surface area contributed by atoms with Gasteiger partial charge in [0.15, 0.2) is 37.7 Å². The third kappa shape index (κ3) is 13.7. The molecule has 0 aliphatic carbocycles. The number of methoxy groups -OCH3 is 1. The maximum atomic E-state index is 11.9. The quantitative estimate of drug-likeness (QED) is 0.0538. The first-order chi connectivity index (χ1) is 37.5. The van der Waals surface area contributed by atoms with E-state index in [1.165, 1.54) is 6.92 Å². The lowest BCUT2D eigenvalue weighted by molar-refractivity contribution is -0.397. The van der Waals surface area contributed by atoms with Crippen LogP contribution in [0.4, 0.5) is 0 Å². The van der Waals surface area contributed by atoms with Gasteiger partial charge in [-0.15, -0.1) is 0 Å². The van der Waals surface area contributed by atoms with E-state index < -0.39 is 261 Å². The maximum absolute atomic E-state index is 11.9. The summed E-state index contributed by atoms with van der Waals surface area (Å²) < 4.78 is 79.1. The van der Waals surface area contributed by atoms with Crippen LogP contribution in [0.3, 0.4) is 0 Å². The molecule has 7 fully saturated rings. The van der Waals surface area contributed by atoms with Crippen LogP contribution in [0.15, 0.2) is 0 Å². The van der Waals surface area contributed by atoms with Crippen LogP contribution in [0, 0.1) is 0 Å². The van der Waals surface area contributed by atoms with Gasteiger partial charge in [0, 0.05) is 7.11 Å². The van der Waals surface area contributed by atoms with Gasteiger partial charge < -0.3 is 174 Å². The van der Waals surface area contributed by atoms with Crippen molar-refractivity contribution in [1.82, 2.24) is 0 Å². The van der Waals surface area contributed by atoms with Crippen molar-refractivity contribution in [3.63, 3.8) is 0 Å². The lowest BCUT2D eigenvalue weighted by atomic mass is 9.94. The maximum Gasteiger partial charge on any atom is 0.187 e. The predicted molar refractivity (Wildman–Crippen MR) is 240 cm³/mol. The summed E-state index contributed by atoms with van der Waals surface area (Å²) in [6.45, 7) is -4.88. The van der Waals surface area contributed by atoms with Crippen molar-refractivity contribution in [3.8, 4) is 0 Å². The Labute approximate surface area is 448 Å². The molecule has 35 atom stereocenters. The zero-order chi connectivity index (χ0) is 58.1. The van der Waals surface area contributed by atoms with E-state index in [2.05, 4.69) is 0 Å². The second-order valence-electron chi connectivity index (χ2n) is 20.2. The Morgan fingerprint density at radius 1 is 0.266 bits per heavy atom. The van der Waals surface area contributed by atoms with Crippen molar-refractivity contribution >= 4 is 0 Å². The zero-order valence-electron chi connectivity index (χ0n) is 42.3. The molecule has 7 heterocycles. The summed E-state index contributed by atoms with van der Waals surface area (Å²) >= 11 is 0. The third-order valence-corrected chi connectivity index (χ3v) is 15.0. The van der Waals surface area contributed by atoms with Gasteiger partial charge in [0.1, 0.15) is 171 Å². The summed E-state index contributed by atoms with van der Waals surface area (Å²) in [5.74, 6) is 0. The van der Waals surface area contributed by atoms with E-state index in [9.17, 15) is 107 Å².